The number of fused-ring (bicyclic) bond motifs is 1. The highest BCUT2D eigenvalue weighted by Gasteiger charge is 2.48. The van der Waals surface area contributed by atoms with E-state index in [-0.39, 0.29) is 6.17 Å². The highest BCUT2D eigenvalue weighted by molar-refractivity contribution is 7.86. The molecule has 0 spiro atoms. The largest absolute Gasteiger partial charge is 0.283 e. The third-order valence-electron chi connectivity index (χ3n) is 4.26. The summed E-state index contributed by atoms with van der Waals surface area (Å²) >= 11 is 0. The Morgan fingerprint density at radius 3 is 2.55 bits per heavy atom. The summed E-state index contributed by atoms with van der Waals surface area (Å²) in [5.74, 6) is 0. The van der Waals surface area contributed by atoms with E-state index in [2.05, 4.69) is 4.90 Å². The first-order valence-corrected chi connectivity index (χ1v) is 8.41. The third kappa shape index (κ3) is 2.16. The van der Waals surface area contributed by atoms with E-state index in [0.717, 1.165) is 24.9 Å². The van der Waals surface area contributed by atoms with Gasteiger partial charge >= 0.3 is 0 Å². The molecule has 2 aliphatic rings. The lowest BCUT2D eigenvalue weighted by Gasteiger charge is -2.30. The second kappa shape index (κ2) is 5.11. The van der Waals surface area contributed by atoms with E-state index in [1.54, 1.807) is 18.4 Å². The number of hydrogen-bond acceptors (Lipinski definition) is 3. The maximum Gasteiger partial charge on any atom is 0.283 e. The van der Waals surface area contributed by atoms with E-state index in [0.29, 0.717) is 12.6 Å². The van der Waals surface area contributed by atoms with Crippen molar-refractivity contribution in [2.24, 2.45) is 0 Å². The Kier molecular flexibility index (Phi) is 3.58. The van der Waals surface area contributed by atoms with Crippen LogP contribution in [0.5, 0.6) is 0 Å². The van der Waals surface area contributed by atoms with Gasteiger partial charge in [-0.25, -0.2) is 0 Å². The van der Waals surface area contributed by atoms with Crippen LogP contribution < -0.4 is 0 Å². The molecular weight excluding hydrogens is 274 g/mol. The predicted octanol–water partition coefficient (Wildman–Crippen LogP) is 1.27. The van der Waals surface area contributed by atoms with E-state index < -0.39 is 10.2 Å². The summed E-state index contributed by atoms with van der Waals surface area (Å²) in [7, 11) is -0.195. The zero-order chi connectivity index (χ0) is 14.3. The van der Waals surface area contributed by atoms with E-state index in [1.165, 1.54) is 4.31 Å². The molecule has 1 aromatic rings. The van der Waals surface area contributed by atoms with Crippen LogP contribution in [0.15, 0.2) is 30.3 Å². The van der Waals surface area contributed by atoms with Crippen molar-refractivity contribution in [3.05, 3.63) is 35.9 Å². The summed E-state index contributed by atoms with van der Waals surface area (Å²) in [6.45, 7) is 1.57. The van der Waals surface area contributed by atoms with E-state index in [1.807, 2.05) is 30.3 Å². The van der Waals surface area contributed by atoms with Gasteiger partial charge in [0.1, 0.15) is 6.17 Å². The molecule has 2 unspecified atom stereocenters. The lowest BCUT2D eigenvalue weighted by molar-refractivity contribution is 0.193. The number of rotatable bonds is 3. The summed E-state index contributed by atoms with van der Waals surface area (Å²) in [4.78, 5) is 2.33. The Balaban J connectivity index is 2.01. The average Bonchev–Trinajstić information content (AvgIpc) is 2.99. The van der Waals surface area contributed by atoms with Crippen molar-refractivity contribution in [2.45, 2.75) is 25.0 Å². The molecule has 0 bridgehead atoms. The Hall–Kier alpha value is -0.950. The zero-order valence-electron chi connectivity index (χ0n) is 11.9. The van der Waals surface area contributed by atoms with Crippen LogP contribution in [0.4, 0.5) is 0 Å². The standard InChI is InChI=1S/C14H21N3O2S/c1-15(2)20(18,19)17-11-13-9-6-10-16(13)14(17)12-7-4-3-5-8-12/h3-5,7-8,13-14H,6,9-11H2,1-2H3. The van der Waals surface area contributed by atoms with Gasteiger partial charge in [-0.15, -0.1) is 0 Å². The van der Waals surface area contributed by atoms with Crippen molar-refractivity contribution in [3.8, 4) is 0 Å². The molecule has 2 aliphatic heterocycles. The molecular formula is C14H21N3O2S. The molecule has 1 aromatic carbocycles. The molecule has 2 atom stereocenters. The summed E-state index contributed by atoms with van der Waals surface area (Å²) in [6, 6.07) is 10.3. The van der Waals surface area contributed by atoms with Gasteiger partial charge in [0.15, 0.2) is 0 Å². The molecule has 2 heterocycles. The van der Waals surface area contributed by atoms with Crippen LogP contribution in [-0.4, -0.2) is 55.2 Å². The molecule has 20 heavy (non-hydrogen) atoms. The number of nitrogens with zero attached hydrogens (tertiary/aromatic N) is 3. The van der Waals surface area contributed by atoms with Gasteiger partial charge in [-0.1, -0.05) is 30.3 Å². The van der Waals surface area contributed by atoms with Crippen LogP contribution in [0.25, 0.3) is 0 Å². The summed E-state index contributed by atoms with van der Waals surface area (Å²) in [5, 5.41) is 0. The van der Waals surface area contributed by atoms with E-state index in [4.69, 9.17) is 0 Å². The second-order valence-corrected chi connectivity index (χ2v) is 7.77. The highest BCUT2D eigenvalue weighted by Crippen LogP contribution is 2.40. The number of hydrogen-bond donors (Lipinski definition) is 0. The van der Waals surface area contributed by atoms with Gasteiger partial charge in [0, 0.05) is 33.2 Å². The van der Waals surface area contributed by atoms with Crippen LogP contribution in [0.3, 0.4) is 0 Å². The topological polar surface area (TPSA) is 43.9 Å². The number of benzene rings is 1. The molecule has 0 amide bonds. The Bertz CT molecular complexity index is 573. The molecule has 6 heteroatoms. The molecule has 3 rings (SSSR count). The third-order valence-corrected chi connectivity index (χ3v) is 6.12. The maximum absolute atomic E-state index is 12.6. The summed E-state index contributed by atoms with van der Waals surface area (Å²) in [6.07, 6.45) is 2.09. The fraction of sp³-hybridized carbons (Fsp3) is 0.571. The molecule has 0 radical (unpaired) electrons. The minimum Gasteiger partial charge on any atom is -0.279 e. The van der Waals surface area contributed by atoms with Gasteiger partial charge in [0.25, 0.3) is 10.2 Å². The van der Waals surface area contributed by atoms with Crippen LogP contribution >= 0.6 is 0 Å². The minimum atomic E-state index is -3.39. The van der Waals surface area contributed by atoms with Gasteiger partial charge < -0.3 is 0 Å². The first-order chi connectivity index (χ1) is 9.51. The van der Waals surface area contributed by atoms with Gasteiger partial charge in [0.2, 0.25) is 0 Å². The van der Waals surface area contributed by atoms with Gasteiger partial charge in [-0.2, -0.15) is 17.0 Å². The lowest BCUT2D eigenvalue weighted by Crippen LogP contribution is -2.41. The average molecular weight is 295 g/mol. The Morgan fingerprint density at radius 2 is 1.90 bits per heavy atom. The Labute approximate surface area is 121 Å². The second-order valence-electron chi connectivity index (χ2n) is 5.68. The molecule has 110 valence electrons. The van der Waals surface area contributed by atoms with Crippen molar-refractivity contribution in [1.29, 1.82) is 0 Å². The Morgan fingerprint density at radius 1 is 1.20 bits per heavy atom. The zero-order valence-corrected chi connectivity index (χ0v) is 12.8. The molecule has 0 aliphatic carbocycles. The van der Waals surface area contributed by atoms with Crippen molar-refractivity contribution in [1.82, 2.24) is 13.5 Å². The van der Waals surface area contributed by atoms with E-state index in [9.17, 15) is 8.42 Å². The van der Waals surface area contributed by atoms with Gasteiger partial charge in [-0.3, -0.25) is 4.90 Å². The summed E-state index contributed by atoms with van der Waals surface area (Å²) in [5.41, 5.74) is 1.06. The van der Waals surface area contributed by atoms with Crippen molar-refractivity contribution >= 4 is 10.2 Å². The highest BCUT2D eigenvalue weighted by atomic mass is 32.2. The first kappa shape index (κ1) is 14.0. The van der Waals surface area contributed by atoms with Crippen molar-refractivity contribution < 1.29 is 8.42 Å². The molecule has 2 saturated heterocycles. The van der Waals surface area contributed by atoms with Gasteiger partial charge in [-0.05, 0) is 18.4 Å². The van der Waals surface area contributed by atoms with Crippen LogP contribution in [-0.2, 0) is 10.2 Å². The molecule has 5 nitrogen and oxygen atoms in total. The SMILES string of the molecule is CN(C)S(=O)(=O)N1CC2CCCN2C1c1ccccc1. The fourth-order valence-electron chi connectivity index (χ4n) is 3.26. The fourth-order valence-corrected chi connectivity index (χ4v) is 4.54. The van der Waals surface area contributed by atoms with Crippen molar-refractivity contribution in [3.63, 3.8) is 0 Å². The maximum atomic E-state index is 12.6. The van der Waals surface area contributed by atoms with E-state index >= 15 is 0 Å². The van der Waals surface area contributed by atoms with Crippen molar-refractivity contribution in [2.75, 3.05) is 27.2 Å². The normalized spacial score (nSPS) is 28.1. The van der Waals surface area contributed by atoms with Crippen LogP contribution in [0.2, 0.25) is 0 Å². The molecule has 0 aromatic heterocycles. The molecule has 0 saturated carbocycles. The first-order valence-electron chi connectivity index (χ1n) is 7.02. The van der Waals surface area contributed by atoms with Crippen LogP contribution in [0, 0.1) is 0 Å². The minimum absolute atomic E-state index is 0.156. The van der Waals surface area contributed by atoms with Gasteiger partial charge in [0.05, 0.1) is 0 Å². The van der Waals surface area contributed by atoms with Crippen LogP contribution in [0.1, 0.15) is 24.6 Å². The summed E-state index contributed by atoms with van der Waals surface area (Å²) < 4.78 is 28.1. The molecule has 0 N–H and O–H groups in total. The quantitative estimate of drug-likeness (QED) is 0.843. The lowest BCUT2D eigenvalue weighted by atomic mass is 10.1. The monoisotopic (exact) mass is 295 g/mol. The molecule has 2 fully saturated rings. The predicted molar refractivity (Wildman–Crippen MR) is 78.2 cm³/mol. The smallest absolute Gasteiger partial charge is 0.279 e.